The Bertz CT molecular complexity index is 653. The lowest BCUT2D eigenvalue weighted by Gasteiger charge is -2.37. The number of rotatable bonds is 3. The van der Waals surface area contributed by atoms with Crippen LogP contribution in [0.15, 0.2) is 48.5 Å². The molecule has 2 aromatic carbocycles. The lowest BCUT2D eigenvalue weighted by Crippen LogP contribution is -2.49. The van der Waals surface area contributed by atoms with Crippen molar-refractivity contribution in [3.05, 3.63) is 65.2 Å². The Hall–Kier alpha value is -2.29. The van der Waals surface area contributed by atoms with E-state index in [9.17, 15) is 4.79 Å². The molecule has 1 aliphatic rings. The van der Waals surface area contributed by atoms with Gasteiger partial charge in [0.05, 0.1) is 6.42 Å². The van der Waals surface area contributed by atoms with Crippen LogP contribution in [0.4, 0.5) is 5.69 Å². The van der Waals surface area contributed by atoms with Gasteiger partial charge in [-0.1, -0.05) is 48.5 Å². The van der Waals surface area contributed by atoms with Gasteiger partial charge >= 0.3 is 0 Å². The maximum Gasteiger partial charge on any atom is 0.227 e. The zero-order chi connectivity index (χ0) is 16.2. The van der Waals surface area contributed by atoms with Crippen LogP contribution in [0.1, 0.15) is 16.7 Å². The topological polar surface area (TPSA) is 23.6 Å². The third kappa shape index (κ3) is 3.55. The lowest BCUT2D eigenvalue weighted by molar-refractivity contribution is -0.130. The zero-order valence-electron chi connectivity index (χ0n) is 14.0. The van der Waals surface area contributed by atoms with Crippen LogP contribution in [-0.2, 0) is 11.2 Å². The summed E-state index contributed by atoms with van der Waals surface area (Å²) in [7, 11) is 0. The minimum absolute atomic E-state index is 0.234. The first-order chi connectivity index (χ1) is 11.1. The molecule has 120 valence electrons. The van der Waals surface area contributed by atoms with E-state index in [1.165, 1.54) is 16.8 Å². The normalized spacial score (nSPS) is 14.9. The molecule has 0 spiro atoms. The molecule has 3 rings (SSSR count). The summed E-state index contributed by atoms with van der Waals surface area (Å²) in [4.78, 5) is 16.9. The quantitative estimate of drug-likeness (QED) is 0.869. The van der Waals surface area contributed by atoms with Gasteiger partial charge in [-0.05, 0) is 30.5 Å². The second-order valence-corrected chi connectivity index (χ2v) is 6.27. The summed E-state index contributed by atoms with van der Waals surface area (Å²) >= 11 is 0. The van der Waals surface area contributed by atoms with Gasteiger partial charge in [-0.3, -0.25) is 4.79 Å². The van der Waals surface area contributed by atoms with Crippen molar-refractivity contribution in [2.75, 3.05) is 31.1 Å². The fourth-order valence-electron chi connectivity index (χ4n) is 3.37. The van der Waals surface area contributed by atoms with Crippen LogP contribution >= 0.6 is 0 Å². The molecule has 23 heavy (non-hydrogen) atoms. The number of carbonyl (C=O) groups is 1. The van der Waals surface area contributed by atoms with E-state index in [1.54, 1.807) is 0 Å². The van der Waals surface area contributed by atoms with Crippen LogP contribution < -0.4 is 4.90 Å². The number of piperazine rings is 1. The molecule has 1 saturated heterocycles. The maximum atomic E-state index is 12.5. The van der Waals surface area contributed by atoms with E-state index in [2.05, 4.69) is 36.9 Å². The molecule has 0 aliphatic carbocycles. The lowest BCUT2D eigenvalue weighted by atomic mass is 10.1. The Morgan fingerprint density at radius 1 is 0.870 bits per heavy atom. The van der Waals surface area contributed by atoms with Crippen molar-refractivity contribution in [1.82, 2.24) is 4.90 Å². The standard InChI is InChI=1S/C20H24N2O/c1-16-7-6-8-17(2)20(16)22-13-11-21(12-14-22)19(23)15-18-9-4-3-5-10-18/h3-10H,11-15H2,1-2H3. The molecule has 0 N–H and O–H groups in total. The summed E-state index contributed by atoms with van der Waals surface area (Å²) in [5.74, 6) is 0.234. The largest absolute Gasteiger partial charge is 0.368 e. The first kappa shape index (κ1) is 15.6. The summed E-state index contributed by atoms with van der Waals surface area (Å²) in [5.41, 5.74) is 5.06. The van der Waals surface area contributed by atoms with Crippen LogP contribution in [0, 0.1) is 13.8 Å². The maximum absolute atomic E-state index is 12.5. The zero-order valence-corrected chi connectivity index (χ0v) is 14.0. The number of nitrogens with zero attached hydrogens (tertiary/aromatic N) is 2. The fourth-order valence-corrected chi connectivity index (χ4v) is 3.37. The number of hydrogen-bond donors (Lipinski definition) is 0. The molecule has 0 saturated carbocycles. The summed E-state index contributed by atoms with van der Waals surface area (Å²) in [6, 6.07) is 16.4. The van der Waals surface area contributed by atoms with E-state index < -0.39 is 0 Å². The molecule has 0 atom stereocenters. The first-order valence-electron chi connectivity index (χ1n) is 8.28. The average Bonchev–Trinajstić information content (AvgIpc) is 2.56. The number of aryl methyl sites for hydroxylation is 2. The molecule has 0 aromatic heterocycles. The number of anilines is 1. The van der Waals surface area contributed by atoms with E-state index in [4.69, 9.17) is 0 Å². The van der Waals surface area contributed by atoms with Crippen LogP contribution in [0.3, 0.4) is 0 Å². The van der Waals surface area contributed by atoms with E-state index in [1.807, 2.05) is 35.2 Å². The van der Waals surface area contributed by atoms with E-state index in [0.29, 0.717) is 6.42 Å². The Morgan fingerprint density at radius 2 is 1.48 bits per heavy atom. The number of amides is 1. The molecular formula is C20H24N2O. The van der Waals surface area contributed by atoms with Gasteiger partial charge in [0.25, 0.3) is 0 Å². The summed E-state index contributed by atoms with van der Waals surface area (Å²) in [6.45, 7) is 7.75. The van der Waals surface area contributed by atoms with Crippen molar-refractivity contribution in [3.63, 3.8) is 0 Å². The highest BCUT2D eigenvalue weighted by atomic mass is 16.2. The highest BCUT2D eigenvalue weighted by molar-refractivity contribution is 5.79. The average molecular weight is 308 g/mol. The Labute approximate surface area is 138 Å². The van der Waals surface area contributed by atoms with E-state index >= 15 is 0 Å². The molecule has 1 heterocycles. The van der Waals surface area contributed by atoms with Crippen LogP contribution in [0.25, 0.3) is 0 Å². The molecule has 0 unspecified atom stereocenters. The molecule has 3 nitrogen and oxygen atoms in total. The van der Waals surface area contributed by atoms with Gasteiger partial charge in [0, 0.05) is 31.9 Å². The SMILES string of the molecule is Cc1cccc(C)c1N1CCN(C(=O)Cc2ccccc2)CC1. The number of benzene rings is 2. The van der Waals surface area contributed by atoms with Crippen molar-refractivity contribution >= 4 is 11.6 Å². The predicted molar refractivity (Wildman–Crippen MR) is 94.9 cm³/mol. The molecule has 3 heteroatoms. The summed E-state index contributed by atoms with van der Waals surface area (Å²) < 4.78 is 0. The first-order valence-corrected chi connectivity index (χ1v) is 8.28. The van der Waals surface area contributed by atoms with Crippen LogP contribution in [-0.4, -0.2) is 37.0 Å². The van der Waals surface area contributed by atoms with E-state index in [0.717, 1.165) is 31.7 Å². The molecule has 1 aliphatic heterocycles. The van der Waals surface area contributed by atoms with Crippen molar-refractivity contribution in [2.24, 2.45) is 0 Å². The van der Waals surface area contributed by atoms with Gasteiger partial charge in [-0.15, -0.1) is 0 Å². The minimum Gasteiger partial charge on any atom is -0.368 e. The van der Waals surface area contributed by atoms with Gasteiger partial charge in [0.15, 0.2) is 0 Å². The number of hydrogen-bond acceptors (Lipinski definition) is 2. The second kappa shape index (κ2) is 6.86. The minimum atomic E-state index is 0.234. The second-order valence-electron chi connectivity index (χ2n) is 6.27. The monoisotopic (exact) mass is 308 g/mol. The highest BCUT2D eigenvalue weighted by Crippen LogP contribution is 2.25. The van der Waals surface area contributed by atoms with Crippen LogP contribution in [0.2, 0.25) is 0 Å². The van der Waals surface area contributed by atoms with Gasteiger partial charge < -0.3 is 9.80 Å². The van der Waals surface area contributed by atoms with Crippen molar-refractivity contribution in [2.45, 2.75) is 20.3 Å². The van der Waals surface area contributed by atoms with Crippen LogP contribution in [0.5, 0.6) is 0 Å². The van der Waals surface area contributed by atoms with Gasteiger partial charge in [-0.2, -0.15) is 0 Å². The van der Waals surface area contributed by atoms with Crippen molar-refractivity contribution in [3.8, 4) is 0 Å². The Morgan fingerprint density at radius 3 is 2.09 bits per heavy atom. The molecular weight excluding hydrogens is 284 g/mol. The van der Waals surface area contributed by atoms with Crippen molar-refractivity contribution in [1.29, 1.82) is 0 Å². The summed E-state index contributed by atoms with van der Waals surface area (Å²) in [6.07, 6.45) is 0.504. The molecule has 2 aromatic rings. The smallest absolute Gasteiger partial charge is 0.227 e. The van der Waals surface area contributed by atoms with Gasteiger partial charge in [0.2, 0.25) is 5.91 Å². The predicted octanol–water partition coefficient (Wildman–Crippen LogP) is 3.19. The molecule has 1 fully saturated rings. The Kier molecular flexibility index (Phi) is 4.65. The van der Waals surface area contributed by atoms with E-state index in [-0.39, 0.29) is 5.91 Å². The highest BCUT2D eigenvalue weighted by Gasteiger charge is 2.22. The Balaban J connectivity index is 1.61. The third-order valence-corrected chi connectivity index (χ3v) is 4.59. The summed E-state index contributed by atoms with van der Waals surface area (Å²) in [5, 5.41) is 0. The molecule has 1 amide bonds. The molecule has 0 radical (unpaired) electrons. The number of carbonyl (C=O) groups excluding carboxylic acids is 1. The number of para-hydroxylation sites is 1. The third-order valence-electron chi connectivity index (χ3n) is 4.59. The fraction of sp³-hybridized carbons (Fsp3) is 0.350. The molecule has 0 bridgehead atoms. The van der Waals surface area contributed by atoms with Gasteiger partial charge in [0.1, 0.15) is 0 Å². The van der Waals surface area contributed by atoms with Crippen molar-refractivity contribution < 1.29 is 4.79 Å². The van der Waals surface area contributed by atoms with Gasteiger partial charge in [-0.25, -0.2) is 0 Å².